The first-order chi connectivity index (χ1) is 12.8. The van der Waals surface area contributed by atoms with Gasteiger partial charge in [0.05, 0.1) is 34.5 Å². The standard InChI is InChI=1S/C18H19BrClN5O2/c1-11-17(20)12(2)25(23-11)13(3)18(26)22-15-8-21-24(9-15)10-27-16-6-4-14(19)5-7-16/h4-9,13H,10H2,1-3H3,(H,22,26). The van der Waals surface area contributed by atoms with Crippen molar-refractivity contribution >= 4 is 39.1 Å². The summed E-state index contributed by atoms with van der Waals surface area (Å²) in [5, 5.41) is 11.9. The van der Waals surface area contributed by atoms with Crippen LogP contribution in [0, 0.1) is 13.8 Å². The van der Waals surface area contributed by atoms with Crippen LogP contribution in [-0.2, 0) is 11.5 Å². The summed E-state index contributed by atoms with van der Waals surface area (Å²) < 4.78 is 9.85. The molecule has 2 heterocycles. The fourth-order valence-corrected chi connectivity index (χ4v) is 2.94. The van der Waals surface area contributed by atoms with Crippen LogP contribution in [0.5, 0.6) is 5.75 Å². The summed E-state index contributed by atoms with van der Waals surface area (Å²) in [5.74, 6) is 0.528. The highest BCUT2D eigenvalue weighted by molar-refractivity contribution is 9.10. The molecule has 0 spiro atoms. The Morgan fingerprint density at radius 1 is 1.33 bits per heavy atom. The summed E-state index contributed by atoms with van der Waals surface area (Å²) in [4.78, 5) is 12.5. The van der Waals surface area contributed by atoms with E-state index < -0.39 is 6.04 Å². The van der Waals surface area contributed by atoms with E-state index in [9.17, 15) is 4.79 Å². The summed E-state index contributed by atoms with van der Waals surface area (Å²) in [5.41, 5.74) is 2.04. The van der Waals surface area contributed by atoms with Gasteiger partial charge in [0.25, 0.3) is 0 Å². The first-order valence-electron chi connectivity index (χ1n) is 8.28. The number of ether oxygens (including phenoxy) is 1. The van der Waals surface area contributed by atoms with E-state index in [-0.39, 0.29) is 12.6 Å². The first-order valence-corrected chi connectivity index (χ1v) is 9.45. The Morgan fingerprint density at radius 3 is 2.67 bits per heavy atom. The van der Waals surface area contributed by atoms with E-state index in [1.807, 2.05) is 38.1 Å². The highest BCUT2D eigenvalue weighted by atomic mass is 79.9. The molecule has 27 heavy (non-hydrogen) atoms. The van der Waals surface area contributed by atoms with Crippen LogP contribution < -0.4 is 10.1 Å². The van der Waals surface area contributed by atoms with Gasteiger partial charge in [-0.2, -0.15) is 10.2 Å². The van der Waals surface area contributed by atoms with Gasteiger partial charge >= 0.3 is 0 Å². The molecule has 1 atom stereocenters. The van der Waals surface area contributed by atoms with Gasteiger partial charge in [-0.05, 0) is 45.0 Å². The molecule has 142 valence electrons. The minimum Gasteiger partial charge on any atom is -0.471 e. The third-order valence-corrected chi connectivity index (χ3v) is 5.14. The summed E-state index contributed by atoms with van der Waals surface area (Å²) >= 11 is 9.54. The third kappa shape index (κ3) is 4.51. The van der Waals surface area contributed by atoms with Crippen LogP contribution in [0.2, 0.25) is 5.02 Å². The molecule has 0 saturated carbocycles. The van der Waals surface area contributed by atoms with Crippen molar-refractivity contribution in [1.82, 2.24) is 19.6 Å². The topological polar surface area (TPSA) is 74.0 Å². The van der Waals surface area contributed by atoms with Crippen molar-refractivity contribution in [3.05, 3.63) is 57.5 Å². The molecule has 0 bridgehead atoms. The van der Waals surface area contributed by atoms with Gasteiger partial charge in [-0.1, -0.05) is 27.5 Å². The lowest BCUT2D eigenvalue weighted by Gasteiger charge is -2.13. The van der Waals surface area contributed by atoms with Crippen LogP contribution in [0.25, 0.3) is 0 Å². The minimum absolute atomic E-state index is 0.203. The van der Waals surface area contributed by atoms with Crippen molar-refractivity contribution in [2.45, 2.75) is 33.5 Å². The maximum Gasteiger partial charge on any atom is 0.249 e. The number of rotatable bonds is 6. The van der Waals surface area contributed by atoms with E-state index in [1.54, 1.807) is 28.7 Å². The molecule has 0 radical (unpaired) electrons. The number of amides is 1. The number of carbonyl (C=O) groups excluding carboxylic acids is 1. The SMILES string of the molecule is Cc1nn(C(C)C(=O)Nc2cnn(COc3ccc(Br)cc3)c2)c(C)c1Cl. The Labute approximate surface area is 170 Å². The number of nitrogens with zero attached hydrogens (tertiary/aromatic N) is 4. The summed E-state index contributed by atoms with van der Waals surface area (Å²) in [6.07, 6.45) is 3.28. The zero-order chi connectivity index (χ0) is 19.6. The van der Waals surface area contributed by atoms with Crippen LogP contribution in [0.3, 0.4) is 0 Å². The highest BCUT2D eigenvalue weighted by Crippen LogP contribution is 2.23. The number of hydrogen-bond acceptors (Lipinski definition) is 4. The third-order valence-electron chi connectivity index (χ3n) is 4.06. The number of carbonyl (C=O) groups is 1. The Balaban J connectivity index is 1.60. The van der Waals surface area contributed by atoms with Gasteiger partial charge in [-0.15, -0.1) is 0 Å². The smallest absolute Gasteiger partial charge is 0.249 e. The lowest BCUT2D eigenvalue weighted by molar-refractivity contribution is -0.119. The number of halogens is 2. The second kappa shape index (κ2) is 8.14. The zero-order valence-corrected chi connectivity index (χ0v) is 17.5. The number of aryl methyl sites for hydroxylation is 1. The molecule has 1 amide bonds. The van der Waals surface area contributed by atoms with Gasteiger partial charge < -0.3 is 10.1 Å². The van der Waals surface area contributed by atoms with Gasteiger partial charge in [0, 0.05) is 4.47 Å². The molecule has 0 aliphatic heterocycles. The lowest BCUT2D eigenvalue weighted by atomic mass is 10.3. The quantitative estimate of drug-likeness (QED) is 0.603. The maximum atomic E-state index is 12.5. The van der Waals surface area contributed by atoms with Gasteiger partial charge in [0.2, 0.25) is 5.91 Å². The van der Waals surface area contributed by atoms with Crippen LogP contribution in [0.15, 0.2) is 41.1 Å². The normalized spacial score (nSPS) is 12.0. The van der Waals surface area contributed by atoms with Crippen LogP contribution >= 0.6 is 27.5 Å². The van der Waals surface area contributed by atoms with E-state index in [1.165, 1.54) is 0 Å². The van der Waals surface area contributed by atoms with Gasteiger partial charge in [0.15, 0.2) is 6.73 Å². The molecule has 0 aliphatic carbocycles. The lowest BCUT2D eigenvalue weighted by Crippen LogP contribution is -2.25. The summed E-state index contributed by atoms with van der Waals surface area (Å²) in [7, 11) is 0. The molecule has 7 nitrogen and oxygen atoms in total. The van der Waals surface area contributed by atoms with Crippen LogP contribution in [0.1, 0.15) is 24.4 Å². The van der Waals surface area contributed by atoms with E-state index >= 15 is 0 Å². The predicted molar refractivity (Wildman–Crippen MR) is 107 cm³/mol. The van der Waals surface area contributed by atoms with Crippen molar-refractivity contribution < 1.29 is 9.53 Å². The number of hydrogen-bond donors (Lipinski definition) is 1. The molecule has 1 unspecified atom stereocenters. The molecular weight excluding hydrogens is 434 g/mol. The number of benzene rings is 1. The van der Waals surface area contributed by atoms with E-state index in [0.29, 0.717) is 16.4 Å². The molecule has 0 aliphatic rings. The molecule has 3 rings (SSSR count). The van der Waals surface area contributed by atoms with Crippen molar-refractivity contribution in [2.75, 3.05) is 5.32 Å². The Hall–Kier alpha value is -2.32. The Morgan fingerprint density at radius 2 is 2.04 bits per heavy atom. The summed E-state index contributed by atoms with van der Waals surface area (Å²) in [6.45, 7) is 5.65. The molecule has 1 N–H and O–H groups in total. The van der Waals surface area contributed by atoms with E-state index in [4.69, 9.17) is 16.3 Å². The Bertz CT molecular complexity index is 951. The largest absolute Gasteiger partial charge is 0.471 e. The molecule has 0 saturated heterocycles. The first kappa shape index (κ1) is 19.4. The fraction of sp³-hybridized carbons (Fsp3) is 0.278. The number of aromatic nitrogens is 4. The molecule has 1 aromatic carbocycles. The molecule has 2 aromatic heterocycles. The van der Waals surface area contributed by atoms with Crippen molar-refractivity contribution in [2.24, 2.45) is 0 Å². The monoisotopic (exact) mass is 451 g/mol. The fourth-order valence-electron chi connectivity index (χ4n) is 2.55. The van der Waals surface area contributed by atoms with E-state index in [2.05, 4.69) is 31.4 Å². The maximum absolute atomic E-state index is 12.5. The average molecular weight is 453 g/mol. The number of anilines is 1. The minimum atomic E-state index is -0.501. The highest BCUT2D eigenvalue weighted by Gasteiger charge is 2.21. The zero-order valence-electron chi connectivity index (χ0n) is 15.1. The number of nitrogens with one attached hydrogen (secondary N) is 1. The van der Waals surface area contributed by atoms with Crippen molar-refractivity contribution in [1.29, 1.82) is 0 Å². The molecule has 3 aromatic rings. The van der Waals surface area contributed by atoms with Crippen molar-refractivity contribution in [3.8, 4) is 5.75 Å². The molecule has 0 fully saturated rings. The molecular formula is C18H19BrClN5O2. The molecule has 9 heteroatoms. The van der Waals surface area contributed by atoms with Crippen LogP contribution in [0.4, 0.5) is 5.69 Å². The second-order valence-electron chi connectivity index (χ2n) is 6.09. The Kier molecular flexibility index (Phi) is 5.86. The average Bonchev–Trinajstić information content (AvgIpc) is 3.20. The van der Waals surface area contributed by atoms with Crippen LogP contribution in [-0.4, -0.2) is 25.5 Å². The van der Waals surface area contributed by atoms with Gasteiger partial charge in [-0.25, -0.2) is 4.68 Å². The predicted octanol–water partition coefficient (Wildman–Crippen LogP) is 4.35. The van der Waals surface area contributed by atoms with Crippen molar-refractivity contribution in [3.63, 3.8) is 0 Å². The summed E-state index contributed by atoms with van der Waals surface area (Å²) in [6, 6.07) is 7.01. The van der Waals surface area contributed by atoms with E-state index in [0.717, 1.165) is 15.9 Å². The van der Waals surface area contributed by atoms with Gasteiger partial charge in [0.1, 0.15) is 11.8 Å². The second-order valence-corrected chi connectivity index (χ2v) is 7.38. The van der Waals surface area contributed by atoms with Gasteiger partial charge in [-0.3, -0.25) is 9.48 Å².